The number of hydrogen-bond acceptors (Lipinski definition) is 6. The highest BCUT2D eigenvalue weighted by Gasteiger charge is 2.22. The van der Waals surface area contributed by atoms with E-state index in [9.17, 15) is 14.2 Å². The van der Waals surface area contributed by atoms with Crippen LogP contribution in [-0.4, -0.2) is 41.0 Å². The highest BCUT2D eigenvalue weighted by molar-refractivity contribution is 7.46. The number of esters is 2. The first-order valence-corrected chi connectivity index (χ1v) is 20.0. The molecule has 0 fully saturated rings. The molecule has 266 valence electrons. The van der Waals surface area contributed by atoms with Crippen LogP contribution in [0.15, 0.2) is 12.2 Å². The first-order valence-electron chi connectivity index (χ1n) is 18.5. The van der Waals surface area contributed by atoms with E-state index in [0.29, 0.717) is 6.42 Å². The third kappa shape index (κ3) is 35.5. The minimum Gasteiger partial charge on any atom is -0.462 e. The SMILES string of the molecule is CCCC/C=C/CCCCCCCCCCCC(=O)OC[C@H](COP(=O)(O)O)OC(=O)CCCCCCCCCCCCCC. The zero-order valence-electron chi connectivity index (χ0n) is 29.0. The summed E-state index contributed by atoms with van der Waals surface area (Å²) in [5, 5.41) is 0. The van der Waals surface area contributed by atoms with Crippen molar-refractivity contribution >= 4 is 19.8 Å². The Bertz CT molecular complexity index is 751. The Morgan fingerprint density at radius 3 is 1.42 bits per heavy atom. The standard InChI is InChI=1S/C36H69O8P/c1-3-5-7-9-11-13-15-17-18-19-21-22-24-26-28-30-35(37)42-32-34(33-43-45(39,40)41)44-36(38)31-29-27-25-23-20-16-14-12-10-8-6-4-2/h9,11,34H,3-8,10,12-33H2,1-2H3,(H2,39,40,41)/b11-9+/t34-/m1/s1. The van der Waals surface area contributed by atoms with Gasteiger partial charge in [-0.15, -0.1) is 0 Å². The predicted molar refractivity (Wildman–Crippen MR) is 184 cm³/mol. The van der Waals surface area contributed by atoms with Crippen LogP contribution < -0.4 is 0 Å². The zero-order valence-corrected chi connectivity index (χ0v) is 29.9. The van der Waals surface area contributed by atoms with Crippen molar-refractivity contribution in [3.63, 3.8) is 0 Å². The number of allylic oxidation sites excluding steroid dienone is 2. The molecular weight excluding hydrogens is 591 g/mol. The molecule has 0 aliphatic carbocycles. The van der Waals surface area contributed by atoms with E-state index in [1.54, 1.807) is 0 Å². The van der Waals surface area contributed by atoms with Crippen molar-refractivity contribution in [1.82, 2.24) is 0 Å². The average Bonchev–Trinajstić information content (AvgIpc) is 3.00. The van der Waals surface area contributed by atoms with Crippen molar-refractivity contribution in [2.45, 2.75) is 193 Å². The van der Waals surface area contributed by atoms with Crippen molar-refractivity contribution in [3.8, 4) is 0 Å². The molecular formula is C36H69O8P. The van der Waals surface area contributed by atoms with Gasteiger partial charge >= 0.3 is 19.8 Å². The molecule has 0 aromatic carbocycles. The summed E-state index contributed by atoms with van der Waals surface area (Å²) >= 11 is 0. The summed E-state index contributed by atoms with van der Waals surface area (Å²) in [5.41, 5.74) is 0. The monoisotopic (exact) mass is 660 g/mol. The summed E-state index contributed by atoms with van der Waals surface area (Å²) < 4.78 is 26.3. The molecule has 0 unspecified atom stereocenters. The first kappa shape index (κ1) is 43.8. The molecule has 0 aromatic rings. The molecule has 45 heavy (non-hydrogen) atoms. The maximum atomic E-state index is 12.3. The number of rotatable bonds is 34. The summed E-state index contributed by atoms with van der Waals surface area (Å²) in [5.74, 6) is -0.881. The van der Waals surface area contributed by atoms with Gasteiger partial charge in [0.25, 0.3) is 0 Å². The van der Waals surface area contributed by atoms with Gasteiger partial charge in [-0.2, -0.15) is 0 Å². The van der Waals surface area contributed by atoms with Gasteiger partial charge in [0.15, 0.2) is 6.10 Å². The minimum absolute atomic E-state index is 0.217. The van der Waals surface area contributed by atoms with Crippen LogP contribution in [0.3, 0.4) is 0 Å². The molecule has 8 nitrogen and oxygen atoms in total. The summed E-state index contributed by atoms with van der Waals surface area (Å²) in [7, 11) is -4.74. The van der Waals surface area contributed by atoms with Crippen molar-refractivity contribution in [1.29, 1.82) is 0 Å². The lowest BCUT2D eigenvalue weighted by Gasteiger charge is -2.18. The molecule has 0 aliphatic rings. The predicted octanol–water partition coefficient (Wildman–Crippen LogP) is 10.7. The largest absolute Gasteiger partial charge is 0.469 e. The Balaban J connectivity index is 3.94. The second-order valence-electron chi connectivity index (χ2n) is 12.6. The smallest absolute Gasteiger partial charge is 0.462 e. The molecule has 9 heteroatoms. The molecule has 0 spiro atoms. The Labute approximate surface area is 276 Å². The van der Waals surface area contributed by atoms with Gasteiger partial charge in [0.1, 0.15) is 6.61 Å². The van der Waals surface area contributed by atoms with E-state index in [2.05, 4.69) is 30.5 Å². The number of carbonyl (C=O) groups is 2. The van der Waals surface area contributed by atoms with E-state index in [1.807, 2.05) is 0 Å². The highest BCUT2D eigenvalue weighted by Crippen LogP contribution is 2.36. The summed E-state index contributed by atoms with van der Waals surface area (Å²) in [6.07, 6.45) is 33.6. The Morgan fingerprint density at radius 2 is 0.956 bits per heavy atom. The Kier molecular flexibility index (Phi) is 31.8. The van der Waals surface area contributed by atoms with Crippen LogP contribution in [0.4, 0.5) is 0 Å². The van der Waals surface area contributed by atoms with Crippen LogP contribution in [0.2, 0.25) is 0 Å². The van der Waals surface area contributed by atoms with Crippen LogP contribution >= 0.6 is 7.82 Å². The molecule has 0 aliphatic heterocycles. The van der Waals surface area contributed by atoms with Gasteiger partial charge in [-0.05, 0) is 32.1 Å². The summed E-state index contributed by atoms with van der Waals surface area (Å²) in [6, 6.07) is 0. The van der Waals surface area contributed by atoms with Crippen LogP contribution in [0.1, 0.15) is 187 Å². The first-order chi connectivity index (χ1) is 21.8. The number of phosphoric acid groups is 1. The molecule has 0 heterocycles. The Morgan fingerprint density at radius 1 is 0.556 bits per heavy atom. The second-order valence-corrected chi connectivity index (χ2v) is 13.8. The van der Waals surface area contributed by atoms with Crippen molar-refractivity contribution in [2.75, 3.05) is 13.2 Å². The number of phosphoric ester groups is 1. The van der Waals surface area contributed by atoms with Gasteiger partial charge in [0.2, 0.25) is 0 Å². The lowest BCUT2D eigenvalue weighted by atomic mass is 10.0. The maximum absolute atomic E-state index is 12.3. The maximum Gasteiger partial charge on any atom is 0.469 e. The lowest BCUT2D eigenvalue weighted by molar-refractivity contribution is -0.161. The van der Waals surface area contributed by atoms with Gasteiger partial charge in [-0.25, -0.2) is 4.57 Å². The average molecular weight is 661 g/mol. The molecule has 0 amide bonds. The fraction of sp³-hybridized carbons (Fsp3) is 0.889. The normalized spacial score (nSPS) is 12.5. The van der Waals surface area contributed by atoms with E-state index >= 15 is 0 Å². The summed E-state index contributed by atoms with van der Waals surface area (Å²) in [6.45, 7) is 3.65. The van der Waals surface area contributed by atoms with Crippen LogP contribution in [0.25, 0.3) is 0 Å². The summed E-state index contributed by atoms with van der Waals surface area (Å²) in [4.78, 5) is 42.6. The number of carbonyl (C=O) groups excluding carboxylic acids is 2. The molecule has 1 atom stereocenters. The third-order valence-corrected chi connectivity index (χ3v) is 8.52. The van der Waals surface area contributed by atoms with Crippen molar-refractivity contribution in [3.05, 3.63) is 12.2 Å². The Hall–Kier alpha value is -1.21. The minimum atomic E-state index is -4.74. The fourth-order valence-electron chi connectivity index (χ4n) is 5.24. The topological polar surface area (TPSA) is 119 Å². The van der Waals surface area contributed by atoms with Crippen LogP contribution in [0.5, 0.6) is 0 Å². The lowest BCUT2D eigenvalue weighted by Crippen LogP contribution is -2.29. The number of hydrogen-bond donors (Lipinski definition) is 2. The van der Waals surface area contributed by atoms with Gasteiger partial charge in [-0.1, -0.05) is 154 Å². The number of ether oxygens (including phenoxy) is 2. The van der Waals surface area contributed by atoms with Gasteiger partial charge in [0.05, 0.1) is 6.61 Å². The molecule has 0 saturated carbocycles. The third-order valence-electron chi connectivity index (χ3n) is 8.03. The van der Waals surface area contributed by atoms with Crippen LogP contribution in [0, 0.1) is 0 Å². The van der Waals surface area contributed by atoms with Gasteiger partial charge in [-0.3, -0.25) is 14.1 Å². The molecule has 0 saturated heterocycles. The molecule has 0 radical (unpaired) electrons. The quantitative estimate of drug-likeness (QED) is 0.0303. The van der Waals surface area contributed by atoms with Crippen molar-refractivity contribution < 1.29 is 37.9 Å². The van der Waals surface area contributed by atoms with E-state index in [1.165, 1.54) is 116 Å². The van der Waals surface area contributed by atoms with E-state index in [-0.39, 0.29) is 19.4 Å². The zero-order chi connectivity index (χ0) is 33.3. The highest BCUT2D eigenvalue weighted by atomic mass is 31.2. The molecule has 2 N–H and O–H groups in total. The fourth-order valence-corrected chi connectivity index (χ4v) is 5.60. The second kappa shape index (κ2) is 32.7. The molecule has 0 aromatic heterocycles. The van der Waals surface area contributed by atoms with Crippen molar-refractivity contribution in [2.24, 2.45) is 0 Å². The van der Waals surface area contributed by atoms with Gasteiger partial charge in [0, 0.05) is 12.8 Å². The van der Waals surface area contributed by atoms with E-state index < -0.39 is 32.5 Å². The molecule has 0 rings (SSSR count). The van der Waals surface area contributed by atoms with Crippen LogP contribution in [-0.2, 0) is 28.2 Å². The molecule has 0 bridgehead atoms. The number of unbranched alkanes of at least 4 members (excludes halogenated alkanes) is 22. The van der Waals surface area contributed by atoms with E-state index in [4.69, 9.17) is 19.3 Å². The van der Waals surface area contributed by atoms with Gasteiger partial charge < -0.3 is 19.3 Å². The van der Waals surface area contributed by atoms with E-state index in [0.717, 1.165) is 38.5 Å².